The Morgan fingerprint density at radius 1 is 1.50 bits per heavy atom. The minimum atomic E-state index is -0.287. The number of hydrogen-bond acceptors (Lipinski definition) is 3. The summed E-state index contributed by atoms with van der Waals surface area (Å²) in [4.78, 5) is 3.03. The number of aliphatic hydroxyl groups is 1. The highest BCUT2D eigenvalue weighted by Crippen LogP contribution is 2.28. The molecule has 0 amide bonds. The average Bonchev–Trinajstić information content (AvgIpc) is 3.11. The molecular weight excluding hydrogens is 276 g/mol. The third-order valence-corrected chi connectivity index (χ3v) is 4.10. The molecule has 1 aliphatic rings. The lowest BCUT2D eigenvalue weighted by atomic mass is 10.1. The van der Waals surface area contributed by atoms with Crippen LogP contribution in [0.5, 0.6) is 0 Å². The minimum absolute atomic E-state index is 0.154. The first kappa shape index (κ1) is 13.7. The van der Waals surface area contributed by atoms with E-state index in [2.05, 4.69) is 15.4 Å². The van der Waals surface area contributed by atoms with Gasteiger partial charge in [0.25, 0.3) is 0 Å². The first-order valence-electron chi connectivity index (χ1n) is 6.92. The molecule has 3 rings (SSSR count). The molecule has 3 atom stereocenters. The Labute approximate surface area is 123 Å². The lowest BCUT2D eigenvalue weighted by Gasteiger charge is -2.15. The molecule has 2 aromatic rings. The van der Waals surface area contributed by atoms with Crippen molar-refractivity contribution in [3.05, 3.63) is 41.4 Å². The van der Waals surface area contributed by atoms with Gasteiger partial charge in [0.05, 0.1) is 17.3 Å². The molecule has 1 saturated carbocycles. The fourth-order valence-corrected chi connectivity index (χ4v) is 3.06. The van der Waals surface area contributed by atoms with Crippen LogP contribution in [0.2, 0.25) is 5.02 Å². The van der Waals surface area contributed by atoms with Gasteiger partial charge in [-0.25, -0.2) is 0 Å². The van der Waals surface area contributed by atoms with Crippen LogP contribution in [-0.4, -0.2) is 32.0 Å². The van der Waals surface area contributed by atoms with Gasteiger partial charge in [0.15, 0.2) is 0 Å². The molecule has 0 spiro atoms. The molecule has 0 bridgehead atoms. The zero-order chi connectivity index (χ0) is 13.9. The molecule has 2 heterocycles. The molecule has 3 N–H and O–H groups in total. The van der Waals surface area contributed by atoms with E-state index >= 15 is 0 Å². The minimum Gasteiger partial charge on any atom is -0.391 e. The maximum Gasteiger partial charge on any atom is 0.0785 e. The smallest absolute Gasteiger partial charge is 0.0785 e. The van der Waals surface area contributed by atoms with Gasteiger partial charge < -0.3 is 15.4 Å². The maximum atomic E-state index is 10.1. The second-order valence-corrected chi connectivity index (χ2v) is 5.93. The number of aromatic amines is 1. The Kier molecular flexibility index (Phi) is 4.10. The van der Waals surface area contributed by atoms with E-state index in [1.807, 2.05) is 29.3 Å². The lowest BCUT2D eigenvalue weighted by Crippen LogP contribution is -2.35. The number of nitrogens with zero attached hydrogens (tertiary/aromatic N) is 2. The molecule has 0 aromatic carbocycles. The highest BCUT2D eigenvalue weighted by molar-refractivity contribution is 6.30. The van der Waals surface area contributed by atoms with E-state index in [0.717, 1.165) is 25.9 Å². The lowest BCUT2D eigenvalue weighted by molar-refractivity contribution is 0.145. The molecule has 6 heteroatoms. The van der Waals surface area contributed by atoms with Crippen molar-refractivity contribution in [2.45, 2.75) is 38.1 Å². The summed E-state index contributed by atoms with van der Waals surface area (Å²) >= 11 is 5.86. The molecule has 108 valence electrons. The van der Waals surface area contributed by atoms with Gasteiger partial charge in [0.1, 0.15) is 0 Å². The Morgan fingerprint density at radius 3 is 3.10 bits per heavy atom. The van der Waals surface area contributed by atoms with Crippen LogP contribution in [0.4, 0.5) is 0 Å². The fraction of sp³-hybridized carbons (Fsp3) is 0.500. The number of halogens is 1. The zero-order valence-electron chi connectivity index (χ0n) is 11.2. The predicted octanol–water partition coefficient (Wildman–Crippen LogP) is 1.79. The van der Waals surface area contributed by atoms with Crippen molar-refractivity contribution in [3.63, 3.8) is 0 Å². The largest absolute Gasteiger partial charge is 0.391 e. The summed E-state index contributed by atoms with van der Waals surface area (Å²) in [6.07, 6.45) is 8.84. The summed E-state index contributed by atoms with van der Waals surface area (Å²) in [5.41, 5.74) is 1.21. The number of hydrogen-bond donors (Lipinski definition) is 3. The first-order valence-corrected chi connectivity index (χ1v) is 7.29. The molecule has 1 fully saturated rings. The Balaban J connectivity index is 1.51. The van der Waals surface area contributed by atoms with Crippen molar-refractivity contribution < 1.29 is 5.11 Å². The molecule has 20 heavy (non-hydrogen) atoms. The van der Waals surface area contributed by atoms with Crippen molar-refractivity contribution in [3.8, 4) is 0 Å². The summed E-state index contributed by atoms with van der Waals surface area (Å²) in [7, 11) is 0. The third kappa shape index (κ3) is 3.23. The summed E-state index contributed by atoms with van der Waals surface area (Å²) < 4.78 is 1.86. The third-order valence-electron chi connectivity index (χ3n) is 3.90. The number of nitrogens with one attached hydrogen (secondary N) is 2. The van der Waals surface area contributed by atoms with E-state index < -0.39 is 0 Å². The van der Waals surface area contributed by atoms with Gasteiger partial charge in [-0.1, -0.05) is 11.6 Å². The van der Waals surface area contributed by atoms with Crippen LogP contribution < -0.4 is 5.32 Å². The predicted molar refractivity (Wildman–Crippen MR) is 77.4 cm³/mol. The molecule has 0 saturated heterocycles. The molecule has 0 aliphatic heterocycles. The van der Waals surface area contributed by atoms with Crippen molar-refractivity contribution >= 4 is 11.6 Å². The Morgan fingerprint density at radius 2 is 2.40 bits per heavy atom. The van der Waals surface area contributed by atoms with E-state index in [-0.39, 0.29) is 12.1 Å². The van der Waals surface area contributed by atoms with Crippen molar-refractivity contribution in [1.29, 1.82) is 0 Å². The van der Waals surface area contributed by atoms with Crippen molar-refractivity contribution in [1.82, 2.24) is 20.1 Å². The molecule has 0 radical (unpaired) electrons. The van der Waals surface area contributed by atoms with Crippen LogP contribution >= 0.6 is 11.6 Å². The van der Waals surface area contributed by atoms with E-state index in [1.165, 1.54) is 5.56 Å². The van der Waals surface area contributed by atoms with Gasteiger partial charge in [-0.2, -0.15) is 5.10 Å². The van der Waals surface area contributed by atoms with Gasteiger partial charge >= 0.3 is 0 Å². The molecular formula is C14H19ClN4O. The van der Waals surface area contributed by atoms with Crippen LogP contribution in [0.15, 0.2) is 30.9 Å². The van der Waals surface area contributed by atoms with Crippen LogP contribution in [0.1, 0.15) is 18.4 Å². The Bertz CT molecular complexity index is 539. The molecule has 5 nitrogen and oxygen atoms in total. The second-order valence-electron chi connectivity index (χ2n) is 5.49. The number of aromatic nitrogens is 3. The number of H-pyrrole nitrogens is 1. The normalized spacial score (nSPS) is 26.2. The summed E-state index contributed by atoms with van der Waals surface area (Å²) in [5.74, 6) is 0.435. The molecule has 2 aromatic heterocycles. The van der Waals surface area contributed by atoms with Gasteiger partial charge in [-0.15, -0.1) is 0 Å². The maximum absolute atomic E-state index is 10.1. The number of aliphatic hydroxyl groups excluding tert-OH is 1. The summed E-state index contributed by atoms with van der Waals surface area (Å²) in [6.45, 7) is 1.59. The van der Waals surface area contributed by atoms with Gasteiger partial charge in [-0.05, 0) is 30.4 Å². The summed E-state index contributed by atoms with van der Waals surface area (Å²) in [5, 5.41) is 18.4. The van der Waals surface area contributed by atoms with Crippen molar-refractivity contribution in [2.24, 2.45) is 5.92 Å². The van der Waals surface area contributed by atoms with Crippen LogP contribution in [0.3, 0.4) is 0 Å². The van der Waals surface area contributed by atoms with E-state index in [9.17, 15) is 5.11 Å². The molecule has 1 aliphatic carbocycles. The number of rotatable bonds is 5. The van der Waals surface area contributed by atoms with Gasteiger partial charge in [-0.3, -0.25) is 4.68 Å². The monoisotopic (exact) mass is 294 g/mol. The van der Waals surface area contributed by atoms with Crippen LogP contribution in [0, 0.1) is 5.92 Å². The molecule has 1 unspecified atom stereocenters. The van der Waals surface area contributed by atoms with Crippen LogP contribution in [-0.2, 0) is 13.1 Å². The van der Waals surface area contributed by atoms with Crippen LogP contribution in [0.25, 0.3) is 0 Å². The second kappa shape index (κ2) is 5.99. The van der Waals surface area contributed by atoms with E-state index in [4.69, 9.17) is 11.6 Å². The topological polar surface area (TPSA) is 65.9 Å². The van der Waals surface area contributed by atoms with Gasteiger partial charge in [0.2, 0.25) is 0 Å². The zero-order valence-corrected chi connectivity index (χ0v) is 11.9. The highest BCUT2D eigenvalue weighted by atomic mass is 35.5. The van der Waals surface area contributed by atoms with Crippen molar-refractivity contribution in [2.75, 3.05) is 0 Å². The Hall–Kier alpha value is -1.30. The van der Waals surface area contributed by atoms with Gasteiger partial charge in [0, 0.05) is 37.7 Å². The quantitative estimate of drug-likeness (QED) is 0.788. The SMILES string of the molecule is O[C@@H]1CC(Cn2cc(Cl)cn2)C[C@H]1NCc1cc[nH]c1. The summed E-state index contributed by atoms with van der Waals surface area (Å²) in [6, 6.07) is 2.19. The van der Waals surface area contributed by atoms with E-state index in [0.29, 0.717) is 10.9 Å². The highest BCUT2D eigenvalue weighted by Gasteiger charge is 2.32. The fourth-order valence-electron chi connectivity index (χ4n) is 2.91. The first-order chi connectivity index (χ1) is 9.70. The van der Waals surface area contributed by atoms with E-state index in [1.54, 1.807) is 6.20 Å². The standard InChI is InChI=1S/C14H19ClN4O/c15-12-7-18-19(9-12)8-11-3-13(14(20)4-11)17-6-10-1-2-16-5-10/h1-2,5,7,9,11,13-14,16-17,20H,3-4,6,8H2/t11?,13-,14-/m1/s1. The average molecular weight is 295 g/mol.